The monoisotopic (exact) mass is 1730 g/mol. The van der Waals surface area contributed by atoms with Gasteiger partial charge in [0.2, 0.25) is 0 Å². The van der Waals surface area contributed by atoms with E-state index in [1.54, 1.807) is 0 Å². The van der Waals surface area contributed by atoms with Gasteiger partial charge in [0.25, 0.3) is 0 Å². The molecule has 0 aromatic heterocycles. The molecule has 0 spiro atoms. The maximum atomic E-state index is 13.7. The van der Waals surface area contributed by atoms with Crippen molar-refractivity contribution in [2.75, 3.05) is 0 Å². The molecule has 650 valence electrons. The summed E-state index contributed by atoms with van der Waals surface area (Å²) >= 11 is 0. The largest absolute Gasteiger partial charge is 0.508 e. The van der Waals surface area contributed by atoms with Gasteiger partial charge in [-0.05, 0) is 106 Å². The van der Waals surface area contributed by atoms with Gasteiger partial charge in [-0.15, -0.1) is 0 Å². The molecule has 0 unspecified atom stereocenters. The van der Waals surface area contributed by atoms with Crippen molar-refractivity contribution < 1.29 is 182 Å². The van der Waals surface area contributed by atoms with Gasteiger partial charge in [0.05, 0.1) is 35.7 Å². The molecular formula is C90H74O36. The lowest BCUT2D eigenvalue weighted by Gasteiger charge is -2.45. The molecular weight excluding hydrogens is 1660 g/mol. The van der Waals surface area contributed by atoms with Crippen molar-refractivity contribution >= 4 is 0 Å². The normalized spacial score (nSPS) is 24.3. The highest BCUT2D eigenvalue weighted by Crippen LogP contribution is 2.69. The molecule has 0 aliphatic carbocycles. The minimum Gasteiger partial charge on any atom is -0.508 e. The quantitative estimate of drug-likeness (QED) is 0.0538. The molecule has 30 N–H and O–H groups in total. The van der Waals surface area contributed by atoms with Crippen molar-refractivity contribution in [3.63, 3.8) is 0 Å². The standard InChI is InChI=1S/C90H74O36/c91-33-19-48(105)60-59(20-33)121-81(28-2-8-36(93)43(100)14-28)75(116)70(60)62-50(107)23-52(109)64-72(77(118)83(123-87(62)64)30-4-10-38(95)45(102)16-30)66-54(111)25-56(113)68-74(79(120)85(125-89(66)68)32-6-12-40(97)47(104)18-32)69-57(114)26-55(112)67-73(78(119)84(126-90(67)69)31-5-11-39(96)46(103)17-31)65-53(110)24-51(108)63-71(76(117)82(124-88(63)65)29-3-9-37(94)44(101)15-29)61-49(106)22-41(98)34-21-58(115)80(122-86(34)61)27-1-7-35(92)42(99)13-27/h1-20,22-26,58,70-85,91-120H,21H2/t58-,70+,71-,72+,73+,74+,75+,76-,77-,78-,79+,80-,81-,82-,83-,84-,85-/m1/s1. The number of phenols is 24. The van der Waals surface area contributed by atoms with Crippen LogP contribution in [0.5, 0.6) is 172 Å². The van der Waals surface area contributed by atoms with E-state index in [1.165, 1.54) is 12.1 Å². The van der Waals surface area contributed by atoms with Crippen LogP contribution in [0.15, 0.2) is 152 Å². The third-order valence-electron chi connectivity index (χ3n) is 24.3. The summed E-state index contributed by atoms with van der Waals surface area (Å²) in [4.78, 5) is 0. The second-order valence-electron chi connectivity index (χ2n) is 31.6. The number of ether oxygens (including phenoxy) is 6. The average molecular weight is 1730 g/mol. The van der Waals surface area contributed by atoms with E-state index in [4.69, 9.17) is 28.4 Å². The molecule has 0 saturated carbocycles. The summed E-state index contributed by atoms with van der Waals surface area (Å²) in [5, 5.41) is 360. The SMILES string of the molecule is Oc1cc(O)c2c(c1)O[C@H](c1ccc(O)c(O)c1)[C@@H](O)[C@@H]2c1c(O)cc(O)c2c1O[C@H](c1ccc(O)c(O)c1)[C@H](O)[C@@H]2c1c(O)cc(O)c2c1O[C@H](c1ccc(O)c(O)c1)[C@@H](O)[C@@H]2c1c(O)cc(O)c2c1O[C@H](c1ccc(O)c(O)c1)[C@H](O)[C@H]2c1c(O)cc(O)c2c1O[C@H](c1ccc(O)c(O)c1)[C@H](O)[C@@H]2c1c(O)cc(O)c2c1O[C@H](c1ccc(O)c(O)c1)[C@H](O)C2. The summed E-state index contributed by atoms with van der Waals surface area (Å²) in [5.41, 5.74) is -8.39. The van der Waals surface area contributed by atoms with E-state index in [0.717, 1.165) is 115 Å². The summed E-state index contributed by atoms with van der Waals surface area (Å²) < 4.78 is 39.9. The topological polar surface area (TPSA) is 662 Å². The first-order valence-electron chi connectivity index (χ1n) is 38.6. The van der Waals surface area contributed by atoms with Gasteiger partial charge < -0.3 is 182 Å². The lowest BCUT2D eigenvalue weighted by atomic mass is 9.70. The lowest BCUT2D eigenvalue weighted by Crippen LogP contribution is -2.40. The molecule has 36 nitrogen and oxygen atoms in total. The number of aromatic hydroxyl groups is 24. The smallest absolute Gasteiger partial charge is 0.157 e. The number of aliphatic hydroxyl groups excluding tert-OH is 6. The van der Waals surface area contributed by atoms with E-state index in [1.807, 2.05) is 0 Å². The average Bonchev–Trinajstić information content (AvgIpc) is 0.704. The number of hydrogen-bond donors (Lipinski definition) is 30. The number of fused-ring (bicyclic) bond motifs is 6. The van der Waals surface area contributed by atoms with Crippen LogP contribution >= 0.6 is 0 Å². The molecule has 18 rings (SSSR count). The predicted octanol–water partition coefficient (Wildman–Crippen LogP) is 8.79. The van der Waals surface area contributed by atoms with Crippen molar-refractivity contribution in [1.29, 1.82) is 0 Å². The van der Waals surface area contributed by atoms with Crippen molar-refractivity contribution in [3.8, 4) is 172 Å². The molecule has 17 atom stereocenters. The zero-order valence-corrected chi connectivity index (χ0v) is 64.3. The minimum atomic E-state index is -2.44. The van der Waals surface area contributed by atoms with E-state index in [0.29, 0.717) is 24.3 Å². The van der Waals surface area contributed by atoms with Crippen LogP contribution in [0, 0.1) is 0 Å². The van der Waals surface area contributed by atoms with Gasteiger partial charge in [-0.25, -0.2) is 0 Å². The van der Waals surface area contributed by atoms with Gasteiger partial charge >= 0.3 is 0 Å². The van der Waals surface area contributed by atoms with Crippen LogP contribution in [0.25, 0.3) is 0 Å². The Bertz CT molecular complexity index is 6550. The van der Waals surface area contributed by atoms with Crippen molar-refractivity contribution in [2.24, 2.45) is 0 Å². The number of hydrogen-bond acceptors (Lipinski definition) is 36. The molecule has 0 saturated heterocycles. The third kappa shape index (κ3) is 12.6. The summed E-state index contributed by atoms with van der Waals surface area (Å²) in [6.45, 7) is 0. The zero-order chi connectivity index (χ0) is 89.6. The summed E-state index contributed by atoms with van der Waals surface area (Å²) in [6, 6.07) is 23.6. The lowest BCUT2D eigenvalue weighted by molar-refractivity contribution is -0.0110. The zero-order valence-electron chi connectivity index (χ0n) is 64.3. The third-order valence-corrected chi connectivity index (χ3v) is 24.3. The second kappa shape index (κ2) is 29.6. The van der Waals surface area contributed by atoms with E-state index in [9.17, 15) is 153 Å². The van der Waals surface area contributed by atoms with E-state index in [-0.39, 0.29) is 38.9 Å². The first kappa shape index (κ1) is 81.4. The van der Waals surface area contributed by atoms with Crippen molar-refractivity contribution in [1.82, 2.24) is 0 Å². The van der Waals surface area contributed by atoms with Crippen molar-refractivity contribution in [3.05, 3.63) is 246 Å². The highest BCUT2D eigenvalue weighted by atomic mass is 16.5. The summed E-state index contributed by atoms with van der Waals surface area (Å²) in [7, 11) is 0. The van der Waals surface area contributed by atoms with Crippen LogP contribution in [0.2, 0.25) is 0 Å². The van der Waals surface area contributed by atoms with Gasteiger partial charge in [0.1, 0.15) is 140 Å². The fraction of sp³-hybridized carbons (Fsp3) is 0.200. The number of phenolic OH excluding ortho intramolecular Hbond substituents is 24. The van der Waals surface area contributed by atoms with E-state index < -0.39 is 337 Å². The molecule has 126 heavy (non-hydrogen) atoms. The molecule has 0 amide bonds. The van der Waals surface area contributed by atoms with E-state index in [2.05, 4.69) is 0 Å². The van der Waals surface area contributed by atoms with Crippen molar-refractivity contribution in [2.45, 2.75) is 109 Å². The Hall–Kier alpha value is -15.6. The minimum absolute atomic E-state index is 0.00514. The highest BCUT2D eigenvalue weighted by Gasteiger charge is 2.57. The van der Waals surface area contributed by atoms with Crippen LogP contribution in [-0.4, -0.2) is 190 Å². The van der Waals surface area contributed by atoms with Gasteiger partial charge in [-0.3, -0.25) is 0 Å². The number of benzene rings is 12. The van der Waals surface area contributed by atoms with Crippen LogP contribution < -0.4 is 28.4 Å². The summed E-state index contributed by atoms with van der Waals surface area (Å²) in [6.07, 6.45) is -25.3. The van der Waals surface area contributed by atoms with Crippen LogP contribution in [0.1, 0.15) is 161 Å². The first-order chi connectivity index (χ1) is 59.9. The Morgan fingerprint density at radius 3 is 0.643 bits per heavy atom. The first-order valence-corrected chi connectivity index (χ1v) is 38.6. The predicted molar refractivity (Wildman–Crippen MR) is 426 cm³/mol. The van der Waals surface area contributed by atoms with Gasteiger partial charge in [0.15, 0.2) is 99.5 Å². The number of aliphatic hydroxyl groups is 6. The molecule has 0 bridgehead atoms. The Morgan fingerprint density at radius 1 is 0.183 bits per heavy atom. The Kier molecular flexibility index (Phi) is 19.1. The Labute approximate surface area is 706 Å². The maximum absolute atomic E-state index is 13.7. The maximum Gasteiger partial charge on any atom is 0.157 e. The Morgan fingerprint density at radius 2 is 0.389 bits per heavy atom. The highest BCUT2D eigenvalue weighted by molar-refractivity contribution is 5.77. The molecule has 6 heterocycles. The van der Waals surface area contributed by atoms with Gasteiger partial charge in [-0.2, -0.15) is 0 Å². The number of rotatable bonds is 11. The fourth-order valence-electron chi connectivity index (χ4n) is 18.6. The molecule has 6 aliphatic rings. The van der Waals surface area contributed by atoms with Crippen LogP contribution in [0.4, 0.5) is 0 Å². The van der Waals surface area contributed by atoms with Gasteiger partial charge in [-0.1, -0.05) is 36.4 Å². The van der Waals surface area contributed by atoms with Gasteiger partial charge in [0, 0.05) is 110 Å². The van der Waals surface area contributed by atoms with Crippen LogP contribution in [0.3, 0.4) is 0 Å². The molecule has 0 fully saturated rings. The molecule has 0 radical (unpaired) electrons. The summed E-state index contributed by atoms with van der Waals surface area (Å²) in [5.74, 6) is -35.9. The van der Waals surface area contributed by atoms with E-state index >= 15 is 0 Å². The van der Waals surface area contributed by atoms with Crippen LogP contribution in [-0.2, 0) is 6.42 Å². The molecule has 12 aromatic carbocycles. The Balaban J connectivity index is 0.896. The molecule has 6 aliphatic heterocycles. The molecule has 36 heteroatoms. The second-order valence-corrected chi connectivity index (χ2v) is 31.6. The molecule has 12 aromatic rings. The fourth-order valence-corrected chi connectivity index (χ4v) is 18.6.